The van der Waals surface area contributed by atoms with Crippen LogP contribution in [0.4, 0.5) is 14.5 Å². The molecule has 18 heavy (non-hydrogen) atoms. The van der Waals surface area contributed by atoms with E-state index in [0.29, 0.717) is 12.8 Å². The Kier molecular flexibility index (Phi) is 2.80. The van der Waals surface area contributed by atoms with Gasteiger partial charge in [-0.25, -0.2) is 8.78 Å². The molecule has 2 atom stereocenters. The lowest BCUT2D eigenvalue weighted by Gasteiger charge is -2.47. The van der Waals surface area contributed by atoms with Crippen LogP contribution in [-0.4, -0.2) is 17.9 Å². The molecule has 0 saturated carbocycles. The number of para-hydroxylation sites is 1. The van der Waals surface area contributed by atoms with Crippen molar-refractivity contribution in [2.24, 2.45) is 0 Å². The van der Waals surface area contributed by atoms with Crippen molar-refractivity contribution in [3.63, 3.8) is 0 Å². The molecule has 0 N–H and O–H groups in total. The molecule has 3 rings (SSSR count). The van der Waals surface area contributed by atoms with Crippen LogP contribution in [-0.2, 0) is 4.79 Å². The molecular weight excluding hydrogens is 236 g/mol. The lowest BCUT2D eigenvalue weighted by atomic mass is 9.83. The van der Waals surface area contributed by atoms with Gasteiger partial charge in [0.1, 0.15) is 23.1 Å². The molecule has 0 amide bonds. The van der Waals surface area contributed by atoms with E-state index < -0.39 is 11.6 Å². The van der Waals surface area contributed by atoms with Crippen LogP contribution in [0.25, 0.3) is 0 Å². The standard InChI is InChI=1S/C14H15F2NO/c15-12-5-2-6-13(16)14(12)17-9-3-1-4-10(17)8-11(18)7-9/h2,5-6,9-10H,1,3-4,7-8H2. The number of anilines is 1. The first-order chi connectivity index (χ1) is 8.66. The molecule has 0 aromatic heterocycles. The van der Waals surface area contributed by atoms with Gasteiger partial charge in [-0.05, 0) is 31.4 Å². The summed E-state index contributed by atoms with van der Waals surface area (Å²) in [4.78, 5) is 13.4. The number of benzene rings is 1. The Balaban J connectivity index is 2.03. The second-order valence-electron chi connectivity index (χ2n) is 5.16. The molecule has 0 aliphatic carbocycles. The van der Waals surface area contributed by atoms with Crippen molar-refractivity contribution < 1.29 is 13.6 Å². The summed E-state index contributed by atoms with van der Waals surface area (Å²) in [5, 5.41) is 0. The Morgan fingerprint density at radius 2 is 1.61 bits per heavy atom. The molecule has 0 spiro atoms. The zero-order chi connectivity index (χ0) is 12.7. The van der Waals surface area contributed by atoms with E-state index in [4.69, 9.17) is 0 Å². The van der Waals surface area contributed by atoms with E-state index in [1.54, 1.807) is 0 Å². The molecule has 2 aliphatic heterocycles. The Bertz CT molecular complexity index is 452. The summed E-state index contributed by atoms with van der Waals surface area (Å²) in [5.41, 5.74) is 0.0553. The number of halogens is 2. The number of nitrogens with zero attached hydrogens (tertiary/aromatic N) is 1. The highest BCUT2D eigenvalue weighted by Crippen LogP contribution is 2.38. The Morgan fingerprint density at radius 3 is 2.17 bits per heavy atom. The zero-order valence-electron chi connectivity index (χ0n) is 10.0. The third-order valence-electron chi connectivity index (χ3n) is 3.98. The van der Waals surface area contributed by atoms with Crippen molar-refractivity contribution in [3.8, 4) is 0 Å². The van der Waals surface area contributed by atoms with Gasteiger partial charge >= 0.3 is 0 Å². The highest BCUT2D eigenvalue weighted by Gasteiger charge is 2.39. The maximum atomic E-state index is 13.9. The van der Waals surface area contributed by atoms with Gasteiger partial charge in [0, 0.05) is 24.9 Å². The zero-order valence-corrected chi connectivity index (χ0v) is 10.0. The fourth-order valence-electron chi connectivity index (χ4n) is 3.28. The predicted molar refractivity (Wildman–Crippen MR) is 64.5 cm³/mol. The van der Waals surface area contributed by atoms with Crippen molar-refractivity contribution in [2.75, 3.05) is 4.90 Å². The highest BCUT2D eigenvalue weighted by molar-refractivity contribution is 5.82. The van der Waals surface area contributed by atoms with Crippen molar-refractivity contribution in [1.29, 1.82) is 0 Å². The molecular formula is C14H15F2NO. The van der Waals surface area contributed by atoms with Crippen LogP contribution in [0.2, 0.25) is 0 Å². The average Bonchev–Trinajstić information content (AvgIpc) is 2.29. The van der Waals surface area contributed by atoms with Crippen LogP contribution in [0.5, 0.6) is 0 Å². The number of hydrogen-bond donors (Lipinski definition) is 0. The molecule has 2 fully saturated rings. The number of carbonyl (C=O) groups excluding carboxylic acids is 1. The summed E-state index contributed by atoms with van der Waals surface area (Å²) in [6, 6.07) is 3.88. The summed E-state index contributed by atoms with van der Waals surface area (Å²) < 4.78 is 27.7. The third kappa shape index (κ3) is 1.80. The quantitative estimate of drug-likeness (QED) is 0.764. The molecule has 0 radical (unpaired) electrons. The van der Waals surface area contributed by atoms with E-state index in [-0.39, 0.29) is 23.6 Å². The number of fused-ring (bicyclic) bond motifs is 2. The van der Waals surface area contributed by atoms with Gasteiger partial charge in [-0.1, -0.05) is 6.07 Å². The molecule has 2 saturated heterocycles. The topological polar surface area (TPSA) is 20.3 Å². The number of piperidine rings is 2. The third-order valence-corrected chi connectivity index (χ3v) is 3.98. The van der Waals surface area contributed by atoms with Gasteiger partial charge in [-0.15, -0.1) is 0 Å². The van der Waals surface area contributed by atoms with Gasteiger partial charge in [0.25, 0.3) is 0 Å². The average molecular weight is 251 g/mol. The normalized spacial score (nSPS) is 27.4. The first kappa shape index (κ1) is 11.6. The predicted octanol–water partition coefficient (Wildman–Crippen LogP) is 3.06. The van der Waals surface area contributed by atoms with Crippen LogP contribution in [0.3, 0.4) is 0 Å². The van der Waals surface area contributed by atoms with Crippen molar-refractivity contribution in [1.82, 2.24) is 0 Å². The Morgan fingerprint density at radius 1 is 1.06 bits per heavy atom. The lowest BCUT2D eigenvalue weighted by molar-refractivity contribution is -0.121. The van der Waals surface area contributed by atoms with Crippen LogP contribution in [0, 0.1) is 11.6 Å². The molecule has 2 unspecified atom stereocenters. The minimum Gasteiger partial charge on any atom is -0.360 e. The van der Waals surface area contributed by atoms with E-state index in [1.165, 1.54) is 18.2 Å². The summed E-state index contributed by atoms with van der Waals surface area (Å²) in [7, 11) is 0. The largest absolute Gasteiger partial charge is 0.360 e. The number of ketones is 1. The van der Waals surface area contributed by atoms with Crippen LogP contribution >= 0.6 is 0 Å². The second kappa shape index (κ2) is 4.34. The monoisotopic (exact) mass is 251 g/mol. The highest BCUT2D eigenvalue weighted by atomic mass is 19.1. The van der Waals surface area contributed by atoms with Gasteiger partial charge in [0.15, 0.2) is 0 Å². The Hall–Kier alpha value is -1.45. The van der Waals surface area contributed by atoms with Gasteiger partial charge < -0.3 is 4.90 Å². The molecule has 2 nitrogen and oxygen atoms in total. The Labute approximate surface area is 105 Å². The molecule has 1 aromatic carbocycles. The molecule has 4 heteroatoms. The summed E-state index contributed by atoms with van der Waals surface area (Å²) in [6.07, 6.45) is 3.57. The maximum absolute atomic E-state index is 13.9. The minimum atomic E-state index is -0.527. The number of hydrogen-bond acceptors (Lipinski definition) is 2. The van der Waals surface area contributed by atoms with E-state index >= 15 is 0 Å². The van der Waals surface area contributed by atoms with E-state index in [1.807, 2.05) is 4.90 Å². The smallest absolute Gasteiger partial charge is 0.149 e. The van der Waals surface area contributed by atoms with Crippen LogP contribution in [0.15, 0.2) is 18.2 Å². The first-order valence-electron chi connectivity index (χ1n) is 6.41. The fourth-order valence-corrected chi connectivity index (χ4v) is 3.28. The number of carbonyl (C=O) groups is 1. The van der Waals surface area contributed by atoms with E-state index in [0.717, 1.165) is 19.3 Å². The van der Waals surface area contributed by atoms with Gasteiger partial charge in [-0.2, -0.15) is 0 Å². The van der Waals surface area contributed by atoms with E-state index in [9.17, 15) is 13.6 Å². The first-order valence-corrected chi connectivity index (χ1v) is 6.41. The lowest BCUT2D eigenvalue weighted by Crippen LogP contribution is -2.53. The summed E-state index contributed by atoms with van der Waals surface area (Å²) in [6.45, 7) is 0. The fraction of sp³-hybridized carbons (Fsp3) is 0.500. The van der Waals surface area contributed by atoms with Crippen LogP contribution < -0.4 is 4.90 Å². The summed E-state index contributed by atoms with van der Waals surface area (Å²) in [5.74, 6) is -0.833. The number of Topliss-reactive ketones (excluding diaryl/α,β-unsaturated/α-hetero) is 1. The van der Waals surface area contributed by atoms with Gasteiger partial charge in [0.05, 0.1) is 0 Å². The molecule has 2 heterocycles. The maximum Gasteiger partial charge on any atom is 0.149 e. The molecule has 2 aliphatic rings. The van der Waals surface area contributed by atoms with Crippen molar-refractivity contribution in [2.45, 2.75) is 44.2 Å². The van der Waals surface area contributed by atoms with Crippen molar-refractivity contribution >= 4 is 11.5 Å². The second-order valence-corrected chi connectivity index (χ2v) is 5.16. The van der Waals surface area contributed by atoms with Crippen LogP contribution in [0.1, 0.15) is 32.1 Å². The molecule has 2 bridgehead atoms. The summed E-state index contributed by atoms with van der Waals surface area (Å²) >= 11 is 0. The molecule has 96 valence electrons. The number of rotatable bonds is 1. The van der Waals surface area contributed by atoms with E-state index in [2.05, 4.69) is 0 Å². The molecule has 1 aromatic rings. The minimum absolute atomic E-state index is 0.0311. The van der Waals surface area contributed by atoms with Gasteiger partial charge in [0.2, 0.25) is 0 Å². The van der Waals surface area contributed by atoms with Crippen molar-refractivity contribution in [3.05, 3.63) is 29.8 Å². The van der Waals surface area contributed by atoms with Gasteiger partial charge in [-0.3, -0.25) is 4.79 Å². The SMILES string of the molecule is O=C1CC2CCCC(C1)N2c1c(F)cccc1F.